The second-order valence-electron chi connectivity index (χ2n) is 9.46. The normalized spacial score (nSPS) is 20.4. The van der Waals surface area contributed by atoms with Gasteiger partial charge in [0.2, 0.25) is 0 Å². The molecule has 5 rings (SSSR count). The van der Waals surface area contributed by atoms with E-state index in [4.69, 9.17) is 4.52 Å². The van der Waals surface area contributed by atoms with Gasteiger partial charge in [-0.25, -0.2) is 4.39 Å². The Balaban J connectivity index is 1.15. The fourth-order valence-corrected chi connectivity index (χ4v) is 5.51. The standard InChI is InChI=1S/C25H31FN4O3/c1-16-15-28(2)24-20(31)8-13-30(25(32)22(16)24)10-3-9-29-11-6-17(7-12-29)23-19-5-4-18(26)14-21(19)33-27-23/h4-5,14-15,17,20,31H,3,6-13H2,1-2H3. The molecule has 0 aliphatic carbocycles. The van der Waals surface area contributed by atoms with Crippen LogP contribution in [-0.2, 0) is 7.05 Å². The molecule has 0 radical (unpaired) electrons. The van der Waals surface area contributed by atoms with E-state index in [0.717, 1.165) is 61.2 Å². The maximum atomic E-state index is 13.4. The van der Waals surface area contributed by atoms with Crippen molar-refractivity contribution >= 4 is 16.9 Å². The summed E-state index contributed by atoms with van der Waals surface area (Å²) < 4.78 is 20.6. The molecule has 176 valence electrons. The Morgan fingerprint density at radius 2 is 1.97 bits per heavy atom. The van der Waals surface area contributed by atoms with Gasteiger partial charge in [0, 0.05) is 43.7 Å². The van der Waals surface area contributed by atoms with Crippen molar-refractivity contribution in [1.29, 1.82) is 0 Å². The first-order chi connectivity index (χ1) is 15.9. The number of fused-ring (bicyclic) bond motifs is 2. The first-order valence-electron chi connectivity index (χ1n) is 11.8. The summed E-state index contributed by atoms with van der Waals surface area (Å²) in [5.74, 6) is 0.0462. The fourth-order valence-electron chi connectivity index (χ4n) is 5.51. The lowest BCUT2D eigenvalue weighted by Gasteiger charge is -2.31. The molecule has 1 saturated heterocycles. The highest BCUT2D eigenvalue weighted by atomic mass is 19.1. The molecule has 1 atom stereocenters. The molecule has 2 aliphatic heterocycles. The van der Waals surface area contributed by atoms with E-state index in [1.54, 1.807) is 6.07 Å². The van der Waals surface area contributed by atoms with E-state index in [1.807, 2.05) is 29.6 Å². The topological polar surface area (TPSA) is 74.7 Å². The molecule has 0 spiro atoms. The lowest BCUT2D eigenvalue weighted by Crippen LogP contribution is -2.37. The molecule has 2 aliphatic rings. The van der Waals surface area contributed by atoms with Crippen molar-refractivity contribution in [2.45, 2.75) is 44.6 Å². The van der Waals surface area contributed by atoms with Crippen molar-refractivity contribution in [2.75, 3.05) is 32.7 Å². The van der Waals surface area contributed by atoms with Gasteiger partial charge >= 0.3 is 0 Å². The number of halogens is 1. The molecule has 8 heteroatoms. The number of hydrogen-bond donors (Lipinski definition) is 1. The fraction of sp³-hybridized carbons (Fsp3) is 0.520. The van der Waals surface area contributed by atoms with E-state index in [0.29, 0.717) is 36.6 Å². The van der Waals surface area contributed by atoms with Gasteiger partial charge < -0.3 is 24.0 Å². The number of aryl methyl sites for hydroxylation is 2. The van der Waals surface area contributed by atoms with Gasteiger partial charge in [0.1, 0.15) is 5.82 Å². The monoisotopic (exact) mass is 454 g/mol. The Morgan fingerprint density at radius 1 is 1.18 bits per heavy atom. The predicted octanol–water partition coefficient (Wildman–Crippen LogP) is 3.76. The molecule has 1 amide bonds. The SMILES string of the molecule is Cc1cn(C)c2c1C(=O)N(CCCN1CCC(c3noc4cc(F)ccc34)CC1)CCC2O. The Hall–Kier alpha value is -2.71. The number of piperidine rings is 1. The van der Waals surface area contributed by atoms with Crippen LogP contribution in [0, 0.1) is 12.7 Å². The smallest absolute Gasteiger partial charge is 0.256 e. The number of aliphatic hydroxyl groups is 1. The van der Waals surface area contributed by atoms with Crippen molar-refractivity contribution in [2.24, 2.45) is 7.05 Å². The van der Waals surface area contributed by atoms with Gasteiger partial charge in [0.05, 0.1) is 23.1 Å². The van der Waals surface area contributed by atoms with Crippen LogP contribution in [-0.4, -0.2) is 63.3 Å². The minimum Gasteiger partial charge on any atom is -0.387 e. The Morgan fingerprint density at radius 3 is 2.76 bits per heavy atom. The molecule has 0 saturated carbocycles. The highest BCUT2D eigenvalue weighted by Gasteiger charge is 2.31. The average Bonchev–Trinajstić information content (AvgIpc) is 3.31. The Labute approximate surface area is 192 Å². The largest absolute Gasteiger partial charge is 0.387 e. The summed E-state index contributed by atoms with van der Waals surface area (Å²) in [5.41, 5.74) is 3.78. The van der Waals surface area contributed by atoms with Gasteiger partial charge in [-0.1, -0.05) is 5.16 Å². The number of likely N-dealkylation sites (tertiary alicyclic amines) is 1. The number of carbonyl (C=O) groups excluding carboxylic acids is 1. The molecule has 2 aromatic heterocycles. The third-order valence-electron chi connectivity index (χ3n) is 7.25. The molecule has 0 bridgehead atoms. The van der Waals surface area contributed by atoms with Crippen LogP contribution in [0.5, 0.6) is 0 Å². The van der Waals surface area contributed by atoms with Crippen molar-refractivity contribution in [3.05, 3.63) is 52.7 Å². The number of aliphatic hydroxyl groups excluding tert-OH is 1. The number of amides is 1. The predicted molar refractivity (Wildman–Crippen MR) is 123 cm³/mol. The number of hydrogen-bond acceptors (Lipinski definition) is 5. The van der Waals surface area contributed by atoms with E-state index in [-0.39, 0.29) is 11.7 Å². The van der Waals surface area contributed by atoms with Crippen LogP contribution in [0.15, 0.2) is 28.9 Å². The summed E-state index contributed by atoms with van der Waals surface area (Å²) in [6, 6.07) is 4.61. The second-order valence-corrected chi connectivity index (χ2v) is 9.46. The van der Waals surface area contributed by atoms with Gasteiger partial charge in [-0.2, -0.15) is 0 Å². The van der Waals surface area contributed by atoms with Crippen LogP contribution in [0.1, 0.15) is 65.0 Å². The van der Waals surface area contributed by atoms with Crippen LogP contribution >= 0.6 is 0 Å². The number of carbonyl (C=O) groups is 1. The highest BCUT2D eigenvalue weighted by Crippen LogP contribution is 2.33. The molecule has 1 aromatic carbocycles. The molecule has 3 aromatic rings. The van der Waals surface area contributed by atoms with Crippen LogP contribution in [0.4, 0.5) is 4.39 Å². The molecule has 4 heterocycles. The lowest BCUT2D eigenvalue weighted by molar-refractivity contribution is 0.0735. The van der Waals surface area contributed by atoms with Gasteiger partial charge in [-0.3, -0.25) is 4.79 Å². The first kappa shape index (κ1) is 22.1. The summed E-state index contributed by atoms with van der Waals surface area (Å²) >= 11 is 0. The number of benzene rings is 1. The van der Waals surface area contributed by atoms with E-state index < -0.39 is 6.10 Å². The van der Waals surface area contributed by atoms with Crippen LogP contribution in [0.2, 0.25) is 0 Å². The average molecular weight is 455 g/mol. The zero-order valence-corrected chi connectivity index (χ0v) is 19.3. The molecular weight excluding hydrogens is 423 g/mol. The maximum absolute atomic E-state index is 13.4. The van der Waals surface area contributed by atoms with Crippen molar-refractivity contribution in [3.63, 3.8) is 0 Å². The molecule has 1 fully saturated rings. The van der Waals surface area contributed by atoms with Gasteiger partial charge in [0.25, 0.3) is 5.91 Å². The Kier molecular flexibility index (Phi) is 5.97. The van der Waals surface area contributed by atoms with Gasteiger partial charge in [-0.05, 0) is 69.9 Å². The zero-order valence-electron chi connectivity index (χ0n) is 19.3. The minimum absolute atomic E-state index is 0.0349. The third kappa shape index (κ3) is 4.17. The van der Waals surface area contributed by atoms with Crippen LogP contribution < -0.4 is 0 Å². The number of nitrogens with zero attached hydrogens (tertiary/aromatic N) is 4. The second kappa shape index (κ2) is 8.91. The molecule has 7 nitrogen and oxygen atoms in total. The summed E-state index contributed by atoms with van der Waals surface area (Å²) in [5, 5.41) is 15.7. The quantitative estimate of drug-likeness (QED) is 0.635. The van der Waals surface area contributed by atoms with Crippen LogP contribution in [0.3, 0.4) is 0 Å². The number of aromatic nitrogens is 2. The molecule has 1 unspecified atom stereocenters. The summed E-state index contributed by atoms with van der Waals surface area (Å²) in [6.45, 7) is 6.08. The summed E-state index contributed by atoms with van der Waals surface area (Å²) in [7, 11) is 1.89. The molecule has 33 heavy (non-hydrogen) atoms. The van der Waals surface area contributed by atoms with Crippen LogP contribution in [0.25, 0.3) is 11.0 Å². The van der Waals surface area contributed by atoms with Crippen molar-refractivity contribution in [1.82, 2.24) is 19.5 Å². The van der Waals surface area contributed by atoms with E-state index >= 15 is 0 Å². The molecular formula is C25H31FN4O3. The van der Waals surface area contributed by atoms with Gasteiger partial charge in [0.15, 0.2) is 5.58 Å². The zero-order chi connectivity index (χ0) is 23.1. The summed E-state index contributed by atoms with van der Waals surface area (Å²) in [4.78, 5) is 17.5. The number of rotatable bonds is 5. The van der Waals surface area contributed by atoms with Crippen molar-refractivity contribution in [3.8, 4) is 0 Å². The third-order valence-corrected chi connectivity index (χ3v) is 7.25. The van der Waals surface area contributed by atoms with Gasteiger partial charge in [-0.15, -0.1) is 0 Å². The molecule has 1 N–H and O–H groups in total. The van der Waals surface area contributed by atoms with E-state index in [2.05, 4.69) is 10.1 Å². The minimum atomic E-state index is -0.601. The van der Waals surface area contributed by atoms with E-state index in [9.17, 15) is 14.3 Å². The first-order valence-corrected chi connectivity index (χ1v) is 11.8. The Bertz CT molecular complexity index is 1160. The van der Waals surface area contributed by atoms with Crippen molar-refractivity contribution < 1.29 is 18.8 Å². The maximum Gasteiger partial charge on any atom is 0.256 e. The lowest BCUT2D eigenvalue weighted by atomic mass is 9.91. The summed E-state index contributed by atoms with van der Waals surface area (Å²) in [6.07, 6.45) is 4.77. The highest BCUT2D eigenvalue weighted by molar-refractivity contribution is 5.97. The van der Waals surface area contributed by atoms with E-state index in [1.165, 1.54) is 12.1 Å².